The molecule has 0 fully saturated rings. The Labute approximate surface area is 106 Å². The first-order valence-electron chi connectivity index (χ1n) is 6.38. The summed E-state index contributed by atoms with van der Waals surface area (Å²) in [5.74, 6) is 2.21. The van der Waals surface area contributed by atoms with Gasteiger partial charge in [0, 0.05) is 0 Å². The molecule has 0 N–H and O–H groups in total. The number of ether oxygens (including phenoxy) is 2. The molecule has 0 unspecified atom stereocenters. The number of hydrogen-bond donors (Lipinski definition) is 0. The molecule has 17 heavy (non-hydrogen) atoms. The van der Waals surface area contributed by atoms with Crippen LogP contribution in [0.25, 0.3) is 0 Å². The lowest BCUT2D eigenvalue weighted by Gasteiger charge is -2.15. The van der Waals surface area contributed by atoms with Gasteiger partial charge in [0.1, 0.15) is 0 Å². The van der Waals surface area contributed by atoms with Crippen molar-refractivity contribution >= 4 is 0 Å². The van der Waals surface area contributed by atoms with Gasteiger partial charge in [-0.2, -0.15) is 0 Å². The van der Waals surface area contributed by atoms with Gasteiger partial charge in [0.15, 0.2) is 11.5 Å². The molecule has 0 bridgehead atoms. The topological polar surface area (TPSA) is 18.5 Å². The zero-order chi connectivity index (χ0) is 13.4. The second kappa shape index (κ2) is 7.99. The fourth-order valence-electron chi connectivity index (χ4n) is 1.66. The molecule has 0 heterocycles. The molecule has 0 saturated heterocycles. The van der Waals surface area contributed by atoms with Gasteiger partial charge in [0.2, 0.25) is 0 Å². The minimum atomic E-state index is 0.509. The maximum atomic E-state index is 5.37. The minimum Gasteiger partial charge on any atom is -0.493 e. The molecule has 0 aliphatic rings. The lowest BCUT2D eigenvalue weighted by molar-refractivity contribution is 0.351. The van der Waals surface area contributed by atoms with Crippen LogP contribution in [0.5, 0.6) is 11.5 Å². The zero-order valence-electron chi connectivity index (χ0n) is 12.3. The van der Waals surface area contributed by atoms with E-state index in [1.165, 1.54) is 11.1 Å². The van der Waals surface area contributed by atoms with E-state index in [1.54, 1.807) is 14.2 Å². The van der Waals surface area contributed by atoms with E-state index in [2.05, 4.69) is 32.9 Å². The van der Waals surface area contributed by atoms with E-state index < -0.39 is 0 Å². The van der Waals surface area contributed by atoms with Crippen molar-refractivity contribution in [1.82, 2.24) is 0 Å². The molecule has 1 rings (SSSR count). The Bertz CT molecular complexity index is 305. The van der Waals surface area contributed by atoms with Crippen LogP contribution in [0, 0.1) is 0 Å². The van der Waals surface area contributed by atoms with E-state index in [1.807, 2.05) is 13.8 Å². The SMILES string of the molecule is CC.CCc1cc(C(C)C)cc(OC)c1OC. The summed E-state index contributed by atoms with van der Waals surface area (Å²) in [6, 6.07) is 4.26. The van der Waals surface area contributed by atoms with Gasteiger partial charge >= 0.3 is 0 Å². The van der Waals surface area contributed by atoms with Crippen LogP contribution in [0.1, 0.15) is 51.7 Å². The van der Waals surface area contributed by atoms with Gasteiger partial charge in [-0.1, -0.05) is 40.7 Å². The maximum Gasteiger partial charge on any atom is 0.163 e. The van der Waals surface area contributed by atoms with Gasteiger partial charge in [-0.15, -0.1) is 0 Å². The molecular weight excluding hydrogens is 212 g/mol. The molecule has 0 atom stereocenters. The second-order valence-electron chi connectivity index (χ2n) is 3.92. The minimum absolute atomic E-state index is 0.509. The Morgan fingerprint density at radius 2 is 1.65 bits per heavy atom. The van der Waals surface area contributed by atoms with E-state index in [0.29, 0.717) is 5.92 Å². The van der Waals surface area contributed by atoms with E-state index in [4.69, 9.17) is 9.47 Å². The Balaban J connectivity index is 0.00000121. The lowest BCUT2D eigenvalue weighted by Crippen LogP contribution is -1.98. The highest BCUT2D eigenvalue weighted by atomic mass is 16.5. The van der Waals surface area contributed by atoms with Crippen molar-refractivity contribution in [3.63, 3.8) is 0 Å². The highest BCUT2D eigenvalue weighted by molar-refractivity contribution is 5.50. The van der Waals surface area contributed by atoms with Gasteiger partial charge < -0.3 is 9.47 Å². The van der Waals surface area contributed by atoms with Gasteiger partial charge in [0.25, 0.3) is 0 Å². The maximum absolute atomic E-state index is 5.37. The molecule has 0 spiro atoms. The first-order chi connectivity index (χ1) is 8.13. The highest BCUT2D eigenvalue weighted by Gasteiger charge is 2.12. The van der Waals surface area contributed by atoms with Crippen LogP contribution in [-0.2, 0) is 6.42 Å². The molecule has 1 aromatic rings. The highest BCUT2D eigenvalue weighted by Crippen LogP contribution is 2.35. The van der Waals surface area contributed by atoms with Crippen molar-refractivity contribution < 1.29 is 9.47 Å². The number of methoxy groups -OCH3 is 2. The normalized spacial score (nSPS) is 9.65. The molecule has 98 valence electrons. The summed E-state index contributed by atoms with van der Waals surface area (Å²) >= 11 is 0. The van der Waals surface area contributed by atoms with Crippen molar-refractivity contribution in [3.05, 3.63) is 23.3 Å². The Kier molecular flexibility index (Phi) is 7.44. The first-order valence-corrected chi connectivity index (χ1v) is 6.38. The fourth-order valence-corrected chi connectivity index (χ4v) is 1.66. The summed E-state index contributed by atoms with van der Waals surface area (Å²) < 4.78 is 10.7. The summed E-state index contributed by atoms with van der Waals surface area (Å²) in [6.45, 7) is 10.5. The quantitative estimate of drug-likeness (QED) is 0.773. The Hall–Kier alpha value is -1.18. The van der Waals surface area contributed by atoms with Gasteiger partial charge in [-0.3, -0.25) is 0 Å². The average Bonchev–Trinajstić information content (AvgIpc) is 2.38. The van der Waals surface area contributed by atoms with Crippen molar-refractivity contribution in [3.8, 4) is 11.5 Å². The molecule has 0 aliphatic heterocycles. The average molecular weight is 238 g/mol. The van der Waals surface area contributed by atoms with Crippen molar-refractivity contribution in [2.45, 2.75) is 47.0 Å². The summed E-state index contributed by atoms with van der Waals surface area (Å²) in [4.78, 5) is 0. The predicted molar refractivity (Wildman–Crippen MR) is 74.4 cm³/mol. The van der Waals surface area contributed by atoms with Gasteiger partial charge in [-0.25, -0.2) is 0 Å². The monoisotopic (exact) mass is 238 g/mol. The molecular formula is C15H26O2. The molecule has 0 amide bonds. The predicted octanol–water partition coefficient (Wildman–Crippen LogP) is 4.42. The van der Waals surface area contributed by atoms with Crippen molar-refractivity contribution in [2.24, 2.45) is 0 Å². The van der Waals surface area contributed by atoms with Crippen LogP contribution in [-0.4, -0.2) is 14.2 Å². The van der Waals surface area contributed by atoms with E-state index in [-0.39, 0.29) is 0 Å². The smallest absolute Gasteiger partial charge is 0.163 e. The van der Waals surface area contributed by atoms with Crippen molar-refractivity contribution in [1.29, 1.82) is 0 Å². The van der Waals surface area contributed by atoms with Gasteiger partial charge in [0.05, 0.1) is 14.2 Å². The lowest BCUT2D eigenvalue weighted by atomic mass is 9.98. The van der Waals surface area contributed by atoms with Crippen LogP contribution in [0.15, 0.2) is 12.1 Å². The Morgan fingerprint density at radius 1 is 1.06 bits per heavy atom. The van der Waals surface area contributed by atoms with E-state index >= 15 is 0 Å². The van der Waals surface area contributed by atoms with Crippen molar-refractivity contribution in [2.75, 3.05) is 14.2 Å². The number of rotatable bonds is 4. The molecule has 0 saturated carbocycles. The summed E-state index contributed by atoms with van der Waals surface area (Å²) in [6.07, 6.45) is 0.958. The largest absolute Gasteiger partial charge is 0.493 e. The summed E-state index contributed by atoms with van der Waals surface area (Å²) in [5, 5.41) is 0. The Morgan fingerprint density at radius 3 is 2.00 bits per heavy atom. The molecule has 1 aromatic carbocycles. The third-order valence-electron chi connectivity index (χ3n) is 2.63. The molecule has 0 aromatic heterocycles. The number of benzene rings is 1. The summed E-state index contributed by atoms with van der Waals surface area (Å²) in [5.41, 5.74) is 2.50. The van der Waals surface area contributed by atoms with Crippen LogP contribution >= 0.6 is 0 Å². The fraction of sp³-hybridized carbons (Fsp3) is 0.600. The number of aryl methyl sites for hydroxylation is 1. The van der Waals surface area contributed by atoms with Gasteiger partial charge in [-0.05, 0) is 29.5 Å². The molecule has 2 heteroatoms. The third kappa shape index (κ3) is 3.95. The van der Waals surface area contributed by atoms with E-state index in [9.17, 15) is 0 Å². The number of hydrogen-bond acceptors (Lipinski definition) is 2. The molecule has 2 nitrogen and oxygen atoms in total. The van der Waals surface area contributed by atoms with E-state index in [0.717, 1.165) is 17.9 Å². The first kappa shape index (κ1) is 15.8. The zero-order valence-corrected chi connectivity index (χ0v) is 12.3. The standard InChI is InChI=1S/C13H20O2.C2H6/c1-6-10-7-11(9(2)3)8-12(14-4)13(10)15-5;1-2/h7-9H,6H2,1-5H3;1-2H3. The van der Waals surface area contributed by atoms with Crippen LogP contribution in [0.4, 0.5) is 0 Å². The molecule has 0 radical (unpaired) electrons. The second-order valence-corrected chi connectivity index (χ2v) is 3.92. The molecule has 0 aliphatic carbocycles. The van der Waals surface area contributed by atoms with Crippen LogP contribution in [0.3, 0.4) is 0 Å². The van der Waals surface area contributed by atoms with Crippen LogP contribution < -0.4 is 9.47 Å². The summed E-state index contributed by atoms with van der Waals surface area (Å²) in [7, 11) is 3.37. The van der Waals surface area contributed by atoms with Crippen LogP contribution in [0.2, 0.25) is 0 Å². The third-order valence-corrected chi connectivity index (χ3v) is 2.63.